The van der Waals surface area contributed by atoms with Crippen molar-refractivity contribution in [2.24, 2.45) is 0 Å². The quantitative estimate of drug-likeness (QED) is 0.845. The van der Waals surface area contributed by atoms with E-state index < -0.39 is 6.04 Å². The zero-order valence-electron chi connectivity index (χ0n) is 13.6. The van der Waals surface area contributed by atoms with Crippen molar-refractivity contribution in [2.75, 3.05) is 13.1 Å². The highest BCUT2D eigenvalue weighted by atomic mass is 79.9. The molecular weight excluding hydrogens is 388 g/mol. The van der Waals surface area contributed by atoms with Crippen LogP contribution in [0.2, 0.25) is 0 Å². The molecule has 1 aliphatic heterocycles. The molecule has 0 bridgehead atoms. The van der Waals surface area contributed by atoms with Crippen LogP contribution in [-0.2, 0) is 9.59 Å². The fourth-order valence-corrected chi connectivity index (χ4v) is 4.39. The van der Waals surface area contributed by atoms with E-state index in [1.54, 1.807) is 16.2 Å². The molecule has 0 radical (unpaired) electrons. The SMILES string of the molecule is Cc1ccc([C@H](C)C(=O)N2CCNC(=O)[C@H]2c2ccccc2Br)s1. The van der Waals surface area contributed by atoms with E-state index in [2.05, 4.69) is 21.2 Å². The number of carbonyl (C=O) groups excluding carboxylic acids is 2. The van der Waals surface area contributed by atoms with Crippen LogP contribution in [0.5, 0.6) is 0 Å². The Morgan fingerprint density at radius 1 is 1.33 bits per heavy atom. The van der Waals surface area contributed by atoms with Gasteiger partial charge in [-0.1, -0.05) is 34.1 Å². The molecule has 0 unspecified atom stereocenters. The molecule has 1 saturated heterocycles. The number of nitrogens with zero attached hydrogens (tertiary/aromatic N) is 1. The van der Waals surface area contributed by atoms with Crippen molar-refractivity contribution in [1.82, 2.24) is 10.2 Å². The van der Waals surface area contributed by atoms with Gasteiger partial charge in [0.05, 0.1) is 5.92 Å². The summed E-state index contributed by atoms with van der Waals surface area (Å²) in [5.74, 6) is -0.386. The third-order valence-electron chi connectivity index (χ3n) is 4.25. The molecule has 126 valence electrons. The molecule has 0 aliphatic carbocycles. The number of thiophene rings is 1. The highest BCUT2D eigenvalue weighted by Crippen LogP contribution is 2.33. The largest absolute Gasteiger partial charge is 0.352 e. The van der Waals surface area contributed by atoms with Crippen LogP contribution in [0, 0.1) is 6.92 Å². The lowest BCUT2D eigenvalue weighted by Crippen LogP contribution is -2.53. The molecule has 2 aromatic rings. The predicted octanol–water partition coefficient (Wildman–Crippen LogP) is 3.62. The predicted molar refractivity (Wildman–Crippen MR) is 99.1 cm³/mol. The lowest BCUT2D eigenvalue weighted by Gasteiger charge is -2.37. The average molecular weight is 407 g/mol. The number of piperazine rings is 1. The molecule has 1 aliphatic rings. The zero-order chi connectivity index (χ0) is 17.3. The standard InChI is InChI=1S/C18H19BrN2O2S/c1-11-7-8-15(24-11)12(2)18(23)21-10-9-20-17(22)16(21)13-5-3-4-6-14(13)19/h3-8,12,16H,9-10H2,1-2H3,(H,20,22)/t12-,16+/m0/s1. The number of nitrogens with one attached hydrogen (secondary N) is 1. The number of hydrogen-bond donors (Lipinski definition) is 1. The molecule has 0 spiro atoms. The zero-order valence-corrected chi connectivity index (χ0v) is 16.0. The first kappa shape index (κ1) is 17.2. The minimum atomic E-state index is -0.592. The highest BCUT2D eigenvalue weighted by molar-refractivity contribution is 9.10. The first-order valence-corrected chi connectivity index (χ1v) is 9.49. The van der Waals surface area contributed by atoms with Crippen molar-refractivity contribution in [3.05, 3.63) is 56.2 Å². The molecule has 2 heterocycles. The smallest absolute Gasteiger partial charge is 0.247 e. The Kier molecular flexibility index (Phi) is 5.06. The molecule has 1 N–H and O–H groups in total. The van der Waals surface area contributed by atoms with E-state index in [1.165, 1.54) is 4.88 Å². The third-order valence-corrected chi connectivity index (χ3v) is 6.16. The minimum absolute atomic E-state index is 0.00699. The summed E-state index contributed by atoms with van der Waals surface area (Å²) >= 11 is 5.14. The van der Waals surface area contributed by atoms with Crippen molar-refractivity contribution >= 4 is 39.1 Å². The number of halogens is 1. The van der Waals surface area contributed by atoms with Gasteiger partial charge in [0, 0.05) is 27.3 Å². The fraction of sp³-hybridized carbons (Fsp3) is 0.333. The lowest BCUT2D eigenvalue weighted by atomic mass is 9.99. The van der Waals surface area contributed by atoms with E-state index >= 15 is 0 Å². The van der Waals surface area contributed by atoms with Gasteiger partial charge in [-0.3, -0.25) is 9.59 Å². The van der Waals surface area contributed by atoms with E-state index in [0.717, 1.165) is 14.9 Å². The number of carbonyl (C=O) groups is 2. The maximum absolute atomic E-state index is 13.1. The maximum atomic E-state index is 13.1. The van der Waals surface area contributed by atoms with Crippen molar-refractivity contribution in [1.29, 1.82) is 0 Å². The Labute approximate surface area is 154 Å². The number of benzene rings is 1. The Hall–Kier alpha value is -1.66. The van der Waals surface area contributed by atoms with Gasteiger partial charge in [0.1, 0.15) is 6.04 Å². The molecule has 3 rings (SSSR count). The number of aryl methyl sites for hydroxylation is 1. The Morgan fingerprint density at radius 3 is 2.75 bits per heavy atom. The molecule has 6 heteroatoms. The van der Waals surface area contributed by atoms with Gasteiger partial charge in [0.25, 0.3) is 0 Å². The van der Waals surface area contributed by atoms with Crippen LogP contribution in [-0.4, -0.2) is 29.8 Å². The van der Waals surface area contributed by atoms with Crippen LogP contribution in [0.25, 0.3) is 0 Å². The van der Waals surface area contributed by atoms with Gasteiger partial charge in [-0.05, 0) is 37.6 Å². The summed E-state index contributed by atoms with van der Waals surface area (Å²) in [6.07, 6.45) is 0. The van der Waals surface area contributed by atoms with Gasteiger partial charge in [-0.2, -0.15) is 0 Å². The van der Waals surface area contributed by atoms with Crippen molar-refractivity contribution < 1.29 is 9.59 Å². The Bertz CT molecular complexity index is 774. The summed E-state index contributed by atoms with van der Waals surface area (Å²) in [7, 11) is 0. The Morgan fingerprint density at radius 2 is 2.08 bits per heavy atom. The van der Waals surface area contributed by atoms with E-state index in [4.69, 9.17) is 0 Å². The Balaban J connectivity index is 1.93. The summed E-state index contributed by atoms with van der Waals surface area (Å²) in [5.41, 5.74) is 0.817. The molecular formula is C18H19BrN2O2S. The third kappa shape index (κ3) is 3.26. The second-order valence-electron chi connectivity index (χ2n) is 5.92. The lowest BCUT2D eigenvalue weighted by molar-refractivity contribution is -0.144. The molecule has 24 heavy (non-hydrogen) atoms. The number of amides is 2. The topological polar surface area (TPSA) is 49.4 Å². The van der Waals surface area contributed by atoms with Crippen LogP contribution in [0.15, 0.2) is 40.9 Å². The first-order valence-electron chi connectivity index (χ1n) is 7.88. The second kappa shape index (κ2) is 7.07. The van der Waals surface area contributed by atoms with Crippen LogP contribution in [0.1, 0.15) is 34.2 Å². The van der Waals surface area contributed by atoms with Crippen molar-refractivity contribution in [2.45, 2.75) is 25.8 Å². The minimum Gasteiger partial charge on any atom is -0.352 e. The molecule has 1 fully saturated rings. The van der Waals surface area contributed by atoms with Gasteiger partial charge >= 0.3 is 0 Å². The number of rotatable bonds is 3. The first-order chi connectivity index (χ1) is 11.5. The van der Waals surface area contributed by atoms with Crippen LogP contribution < -0.4 is 5.32 Å². The molecule has 4 nitrogen and oxygen atoms in total. The van der Waals surface area contributed by atoms with Gasteiger partial charge in [-0.25, -0.2) is 0 Å². The second-order valence-corrected chi connectivity index (χ2v) is 8.09. The van der Waals surface area contributed by atoms with Gasteiger partial charge in [-0.15, -0.1) is 11.3 Å². The van der Waals surface area contributed by atoms with Gasteiger partial charge in [0.2, 0.25) is 11.8 Å². The fourth-order valence-electron chi connectivity index (χ4n) is 2.97. The van der Waals surface area contributed by atoms with Crippen LogP contribution in [0.4, 0.5) is 0 Å². The van der Waals surface area contributed by atoms with Gasteiger partial charge in [0.15, 0.2) is 0 Å². The average Bonchev–Trinajstić information content (AvgIpc) is 3.00. The van der Waals surface area contributed by atoms with Crippen LogP contribution >= 0.6 is 27.3 Å². The van der Waals surface area contributed by atoms with E-state index in [-0.39, 0.29) is 17.7 Å². The van der Waals surface area contributed by atoms with Crippen LogP contribution in [0.3, 0.4) is 0 Å². The van der Waals surface area contributed by atoms with Crippen molar-refractivity contribution in [3.8, 4) is 0 Å². The molecule has 1 aromatic carbocycles. The molecule has 1 aromatic heterocycles. The summed E-state index contributed by atoms with van der Waals surface area (Å²) in [6, 6.07) is 11.0. The summed E-state index contributed by atoms with van der Waals surface area (Å²) in [4.78, 5) is 29.5. The van der Waals surface area contributed by atoms with E-state index in [1.807, 2.05) is 50.2 Å². The van der Waals surface area contributed by atoms with Crippen molar-refractivity contribution in [3.63, 3.8) is 0 Å². The maximum Gasteiger partial charge on any atom is 0.247 e. The monoisotopic (exact) mass is 406 g/mol. The molecule has 0 saturated carbocycles. The van der Waals surface area contributed by atoms with Gasteiger partial charge < -0.3 is 10.2 Å². The van der Waals surface area contributed by atoms with E-state index in [9.17, 15) is 9.59 Å². The number of hydrogen-bond acceptors (Lipinski definition) is 3. The molecule has 2 amide bonds. The summed E-state index contributed by atoms with van der Waals surface area (Å²) < 4.78 is 0.837. The normalized spacial score (nSPS) is 19.0. The molecule has 2 atom stereocenters. The highest BCUT2D eigenvalue weighted by Gasteiger charge is 2.37. The van der Waals surface area contributed by atoms with E-state index in [0.29, 0.717) is 13.1 Å². The summed E-state index contributed by atoms with van der Waals surface area (Å²) in [5, 5.41) is 2.87. The summed E-state index contributed by atoms with van der Waals surface area (Å²) in [6.45, 7) is 4.95.